The SMILES string of the molecule is CCOC(=O)[C@H]1CC(=O)[C@@H](C(=O)OCC)C1=O. The molecule has 1 aliphatic rings. The molecule has 0 bridgehead atoms. The monoisotopic (exact) mass is 242 g/mol. The van der Waals surface area contributed by atoms with Crippen molar-refractivity contribution in [1.29, 1.82) is 0 Å². The Morgan fingerprint density at radius 2 is 1.65 bits per heavy atom. The summed E-state index contributed by atoms with van der Waals surface area (Å²) in [7, 11) is 0. The second kappa shape index (κ2) is 5.56. The van der Waals surface area contributed by atoms with Gasteiger partial charge in [0.1, 0.15) is 5.92 Å². The van der Waals surface area contributed by atoms with E-state index in [-0.39, 0.29) is 19.6 Å². The van der Waals surface area contributed by atoms with Gasteiger partial charge < -0.3 is 9.47 Å². The normalized spacial score (nSPS) is 23.6. The molecule has 0 aromatic heterocycles. The van der Waals surface area contributed by atoms with Crippen LogP contribution < -0.4 is 0 Å². The van der Waals surface area contributed by atoms with Crippen LogP contribution in [0.3, 0.4) is 0 Å². The summed E-state index contributed by atoms with van der Waals surface area (Å²) in [6.07, 6.45) is -0.277. The Hall–Kier alpha value is -1.72. The molecule has 1 aliphatic carbocycles. The molecule has 0 aliphatic heterocycles. The first-order valence-corrected chi connectivity index (χ1v) is 5.42. The molecule has 0 spiro atoms. The fraction of sp³-hybridized carbons (Fsp3) is 0.636. The molecule has 0 amide bonds. The summed E-state index contributed by atoms with van der Waals surface area (Å²) in [5, 5.41) is 0. The van der Waals surface area contributed by atoms with Crippen molar-refractivity contribution in [2.45, 2.75) is 20.3 Å². The first-order valence-electron chi connectivity index (χ1n) is 5.42. The molecule has 0 aromatic carbocycles. The highest BCUT2D eigenvalue weighted by atomic mass is 16.5. The standard InChI is InChI=1S/C11H14O6/c1-3-16-10(14)6-5-7(12)8(9(6)13)11(15)17-4-2/h6,8H,3-5H2,1-2H3/t6-,8+/m0/s1. The number of ether oxygens (including phenoxy) is 2. The quantitative estimate of drug-likeness (QED) is 0.505. The summed E-state index contributed by atoms with van der Waals surface area (Å²) in [5.41, 5.74) is 0. The maximum absolute atomic E-state index is 11.7. The summed E-state index contributed by atoms with van der Waals surface area (Å²) < 4.78 is 9.29. The number of carbonyl (C=O) groups is 4. The first-order chi connectivity index (χ1) is 8.02. The van der Waals surface area contributed by atoms with E-state index < -0.39 is 35.3 Å². The first kappa shape index (κ1) is 13.3. The van der Waals surface area contributed by atoms with Crippen LogP contribution in [0, 0.1) is 11.8 Å². The molecule has 94 valence electrons. The van der Waals surface area contributed by atoms with Crippen LogP contribution >= 0.6 is 0 Å². The molecular formula is C11H14O6. The third-order valence-electron chi connectivity index (χ3n) is 2.45. The fourth-order valence-corrected chi connectivity index (χ4v) is 1.70. The molecule has 0 heterocycles. The van der Waals surface area contributed by atoms with Gasteiger partial charge in [0.05, 0.1) is 13.2 Å². The molecule has 6 heteroatoms. The molecule has 0 N–H and O–H groups in total. The van der Waals surface area contributed by atoms with E-state index in [1.54, 1.807) is 13.8 Å². The largest absolute Gasteiger partial charge is 0.465 e. The van der Waals surface area contributed by atoms with Gasteiger partial charge in [-0.05, 0) is 13.8 Å². The summed E-state index contributed by atoms with van der Waals surface area (Å²) in [4.78, 5) is 46.0. The molecular weight excluding hydrogens is 228 g/mol. The van der Waals surface area contributed by atoms with E-state index in [9.17, 15) is 19.2 Å². The summed E-state index contributed by atoms with van der Waals surface area (Å²) in [5.74, 6) is -5.54. The lowest BCUT2D eigenvalue weighted by Gasteiger charge is -2.08. The Balaban J connectivity index is 2.78. The van der Waals surface area contributed by atoms with Gasteiger partial charge in [-0.2, -0.15) is 0 Å². The van der Waals surface area contributed by atoms with Crippen molar-refractivity contribution >= 4 is 23.5 Å². The summed E-state index contributed by atoms with van der Waals surface area (Å²) in [6.45, 7) is 3.38. The van der Waals surface area contributed by atoms with Gasteiger partial charge in [0.15, 0.2) is 17.5 Å². The Kier molecular flexibility index (Phi) is 4.37. The zero-order chi connectivity index (χ0) is 13.0. The number of esters is 2. The molecule has 17 heavy (non-hydrogen) atoms. The van der Waals surface area contributed by atoms with E-state index in [1.807, 2.05) is 0 Å². The average molecular weight is 242 g/mol. The van der Waals surface area contributed by atoms with Crippen LogP contribution in [-0.4, -0.2) is 36.7 Å². The van der Waals surface area contributed by atoms with Gasteiger partial charge in [-0.3, -0.25) is 19.2 Å². The maximum Gasteiger partial charge on any atom is 0.324 e. The highest BCUT2D eigenvalue weighted by molar-refractivity contribution is 6.26. The Bertz CT molecular complexity index is 359. The second-order valence-corrected chi connectivity index (χ2v) is 3.56. The zero-order valence-electron chi connectivity index (χ0n) is 9.73. The van der Waals surface area contributed by atoms with Crippen LogP contribution in [0.5, 0.6) is 0 Å². The Labute approximate surface area is 98.3 Å². The van der Waals surface area contributed by atoms with E-state index >= 15 is 0 Å². The van der Waals surface area contributed by atoms with Gasteiger partial charge in [0.25, 0.3) is 0 Å². The minimum atomic E-state index is -1.45. The number of hydrogen-bond acceptors (Lipinski definition) is 6. The van der Waals surface area contributed by atoms with Crippen LogP contribution in [0.4, 0.5) is 0 Å². The van der Waals surface area contributed by atoms with Crippen molar-refractivity contribution in [3.8, 4) is 0 Å². The van der Waals surface area contributed by atoms with Crippen LogP contribution in [0.1, 0.15) is 20.3 Å². The predicted molar refractivity (Wildman–Crippen MR) is 54.9 cm³/mol. The van der Waals surface area contributed by atoms with Crippen LogP contribution in [-0.2, 0) is 28.7 Å². The van der Waals surface area contributed by atoms with Gasteiger partial charge in [-0.25, -0.2) is 0 Å². The fourth-order valence-electron chi connectivity index (χ4n) is 1.70. The molecule has 6 nitrogen and oxygen atoms in total. The van der Waals surface area contributed by atoms with Crippen molar-refractivity contribution in [2.24, 2.45) is 11.8 Å². The topological polar surface area (TPSA) is 86.7 Å². The minimum Gasteiger partial charge on any atom is -0.465 e. The van der Waals surface area contributed by atoms with Crippen molar-refractivity contribution < 1.29 is 28.7 Å². The zero-order valence-corrected chi connectivity index (χ0v) is 9.73. The highest BCUT2D eigenvalue weighted by Crippen LogP contribution is 2.26. The molecule has 1 fully saturated rings. The van der Waals surface area contributed by atoms with Crippen LogP contribution in [0.25, 0.3) is 0 Å². The second-order valence-electron chi connectivity index (χ2n) is 3.56. The third-order valence-corrected chi connectivity index (χ3v) is 2.45. The summed E-state index contributed by atoms with van der Waals surface area (Å²) >= 11 is 0. The molecule has 0 saturated heterocycles. The number of hydrogen-bond donors (Lipinski definition) is 0. The number of rotatable bonds is 4. The van der Waals surface area contributed by atoms with Gasteiger partial charge in [0, 0.05) is 6.42 Å². The maximum atomic E-state index is 11.7. The van der Waals surface area contributed by atoms with Crippen LogP contribution in [0.15, 0.2) is 0 Å². The lowest BCUT2D eigenvalue weighted by Crippen LogP contribution is -2.30. The van der Waals surface area contributed by atoms with Gasteiger partial charge in [-0.15, -0.1) is 0 Å². The Morgan fingerprint density at radius 3 is 2.18 bits per heavy atom. The lowest BCUT2D eigenvalue weighted by molar-refractivity contribution is -0.154. The smallest absolute Gasteiger partial charge is 0.324 e. The Morgan fingerprint density at radius 1 is 1.12 bits per heavy atom. The van der Waals surface area contributed by atoms with E-state index in [4.69, 9.17) is 0 Å². The van der Waals surface area contributed by atoms with Crippen LogP contribution in [0.2, 0.25) is 0 Å². The van der Waals surface area contributed by atoms with Gasteiger partial charge >= 0.3 is 11.9 Å². The molecule has 0 radical (unpaired) electrons. The average Bonchev–Trinajstić information content (AvgIpc) is 2.55. The minimum absolute atomic E-state index is 0.0833. The molecule has 1 rings (SSSR count). The molecule has 2 atom stereocenters. The van der Waals surface area contributed by atoms with E-state index in [2.05, 4.69) is 9.47 Å². The van der Waals surface area contributed by atoms with Gasteiger partial charge in [0.2, 0.25) is 0 Å². The predicted octanol–water partition coefficient (Wildman–Crippen LogP) is -0.113. The van der Waals surface area contributed by atoms with Crippen molar-refractivity contribution in [3.05, 3.63) is 0 Å². The third kappa shape index (κ3) is 2.69. The molecule has 0 aromatic rings. The lowest BCUT2D eigenvalue weighted by atomic mass is 10.0. The van der Waals surface area contributed by atoms with Gasteiger partial charge in [-0.1, -0.05) is 0 Å². The van der Waals surface area contributed by atoms with Crippen molar-refractivity contribution in [1.82, 2.24) is 0 Å². The van der Waals surface area contributed by atoms with E-state index in [0.717, 1.165) is 0 Å². The highest BCUT2D eigenvalue weighted by Gasteiger charge is 2.50. The van der Waals surface area contributed by atoms with E-state index in [0.29, 0.717) is 0 Å². The molecule has 0 unspecified atom stereocenters. The van der Waals surface area contributed by atoms with Crippen molar-refractivity contribution in [2.75, 3.05) is 13.2 Å². The van der Waals surface area contributed by atoms with Crippen molar-refractivity contribution in [3.63, 3.8) is 0 Å². The number of carbonyl (C=O) groups excluding carboxylic acids is 4. The summed E-state index contributed by atoms with van der Waals surface area (Å²) in [6, 6.07) is 0. The number of Topliss-reactive ketones (excluding diaryl/α,β-unsaturated/α-hetero) is 2. The number of ketones is 2. The van der Waals surface area contributed by atoms with E-state index in [1.165, 1.54) is 0 Å². The molecule has 1 saturated carbocycles.